The van der Waals surface area contributed by atoms with Crippen molar-refractivity contribution in [3.8, 4) is 52.9 Å². The average molecular weight is 1970 g/mol. The zero-order chi connectivity index (χ0) is 90.4. The molecule has 0 radical (unpaired) electrons. The van der Waals surface area contributed by atoms with Crippen molar-refractivity contribution in [3.05, 3.63) is 205 Å². The number of anilines is 5. The van der Waals surface area contributed by atoms with E-state index in [1.165, 1.54) is 149 Å². The van der Waals surface area contributed by atoms with Crippen LogP contribution in [-0.4, -0.2) is 162 Å². The molecule has 0 atom stereocenters. The summed E-state index contributed by atoms with van der Waals surface area (Å²) in [7, 11) is 22.9. The van der Waals surface area contributed by atoms with Crippen LogP contribution in [0.1, 0.15) is 114 Å². The lowest BCUT2D eigenvalue weighted by Gasteiger charge is -2.23. The van der Waals surface area contributed by atoms with Gasteiger partial charge in [-0.15, -0.1) is 56.7 Å². The molecule has 0 unspecified atom stereocenters. The van der Waals surface area contributed by atoms with Gasteiger partial charge in [-0.05, 0) is 202 Å². The van der Waals surface area contributed by atoms with E-state index in [0.29, 0.717) is 0 Å². The summed E-state index contributed by atoms with van der Waals surface area (Å²) >= 11 is 8.25. The maximum absolute atomic E-state index is 13.6. The predicted octanol–water partition coefficient (Wildman–Crippen LogP) is 5.03. The summed E-state index contributed by atoms with van der Waals surface area (Å²) in [5, 5.41) is 5.34. The molecule has 129 heavy (non-hydrogen) atoms. The molecule has 15 rings (SSSR count). The molecule has 10 aliphatic rings. The van der Waals surface area contributed by atoms with E-state index in [1.54, 1.807) is 39.5 Å². The van der Waals surface area contributed by atoms with Crippen molar-refractivity contribution < 1.29 is 88.4 Å². The highest BCUT2D eigenvalue weighted by molar-refractivity contribution is 7.23. The lowest BCUT2D eigenvalue weighted by atomic mass is 10.1. The van der Waals surface area contributed by atoms with Gasteiger partial charge in [0.15, 0.2) is 0 Å². The smallest absolute Gasteiger partial charge is 0.418 e. The second kappa shape index (κ2) is 46.6. The largest absolute Gasteiger partial charge is 1.00 e. The first kappa shape index (κ1) is 109. The Hall–Kier alpha value is -8.67. The predicted molar refractivity (Wildman–Crippen MR) is 523 cm³/mol. The lowest BCUT2D eigenvalue weighted by molar-refractivity contribution is -0.137. The van der Waals surface area contributed by atoms with Crippen LogP contribution >= 0.6 is 56.7 Å². The molecule has 31 heteroatoms. The van der Waals surface area contributed by atoms with Crippen molar-refractivity contribution in [3.63, 3.8) is 0 Å². The highest BCUT2D eigenvalue weighted by Gasteiger charge is 2.39. The van der Waals surface area contributed by atoms with Crippen molar-refractivity contribution in [2.75, 3.05) is 161 Å². The SMILES string of the molecule is CCN(CC)c1cc(C)c2nc3c(C)cc(=[N+](CC)CC)cc-3sc2c1.CCc1cc(=[N+](CC)CC)cc2sc3cc(N(CC)CC)cc(CC)c3nc1-2.CN(C)c1cc(C(F)(F)F)c2nc3c(C(F)(F)F)cc(=[N+](C)C)cc-3sc2c1.Cc1cc(=[N+]([13CH3])[13CH3])cc2sc3cc(N([13CH3])[13CH3])cc(C)c3nc1-2.[13CH3]N([13CH3])c1ccc2nc3ccc(=[N+]([13CH3])[13CH3])cc-3sc2c1.[Cl-].[Cl-].[Cl-].[Cl-].[Cl-]. The van der Waals surface area contributed by atoms with Gasteiger partial charge in [0.1, 0.15) is 68.5 Å². The van der Waals surface area contributed by atoms with Gasteiger partial charge in [-0.3, -0.25) is 0 Å². The second-order valence-electron chi connectivity index (χ2n) is 32.2. The number of fused-ring (bicyclic) bond motifs is 10. The van der Waals surface area contributed by atoms with Crippen LogP contribution in [0.2, 0.25) is 0 Å². The van der Waals surface area contributed by atoms with E-state index >= 15 is 0 Å². The number of aromatic nitrogens is 5. The van der Waals surface area contributed by atoms with Gasteiger partial charge < -0.3 is 86.5 Å². The number of rotatable bonds is 15. The quantitative estimate of drug-likeness (QED) is 0.0603. The Morgan fingerprint density at radius 2 is 0.667 bits per heavy atom. The summed E-state index contributed by atoms with van der Waals surface area (Å²) < 4.78 is 97.3. The summed E-state index contributed by atoms with van der Waals surface area (Å²) in [6.45, 7) is 39.1. The minimum Gasteiger partial charge on any atom is -1.00 e. The third-order valence-electron chi connectivity index (χ3n) is 22.5. The Morgan fingerprint density at radius 1 is 0.302 bits per heavy atom. The number of hydrogen-bond donors (Lipinski definition) is 0. The van der Waals surface area contributed by atoms with E-state index in [4.69, 9.17) is 19.9 Å². The molecule has 0 amide bonds. The zero-order valence-corrected chi connectivity index (χ0v) is 86.5. The molecule has 0 spiro atoms. The first-order chi connectivity index (χ1) is 58.8. The molecule has 0 aromatic heterocycles. The van der Waals surface area contributed by atoms with Crippen LogP contribution in [0, 0.1) is 27.7 Å². The molecule has 5 aromatic rings. The van der Waals surface area contributed by atoms with Gasteiger partial charge in [-0.25, -0.2) is 47.8 Å². The van der Waals surface area contributed by atoms with Gasteiger partial charge in [-0.1, -0.05) is 13.8 Å². The highest BCUT2D eigenvalue weighted by atomic mass is 35.5. The van der Waals surface area contributed by atoms with E-state index in [0.717, 1.165) is 122 Å². The highest BCUT2D eigenvalue weighted by Crippen LogP contribution is 2.46. The molecule has 694 valence electrons. The van der Waals surface area contributed by atoms with Crippen LogP contribution in [0.15, 0.2) is 133 Å². The van der Waals surface area contributed by atoms with E-state index in [2.05, 4.69) is 305 Å². The number of nitrogens with zero attached hydrogens (tertiary/aromatic N) is 15. The second-order valence-corrected chi connectivity index (χ2v) is 37.6. The van der Waals surface area contributed by atoms with E-state index < -0.39 is 34.7 Å². The number of aryl methyl sites for hydroxylation is 6. The zero-order valence-electron chi connectivity index (χ0n) is 78.7. The van der Waals surface area contributed by atoms with Gasteiger partial charge in [0.05, 0.1) is 115 Å². The Kier molecular flexibility index (Phi) is 39.4. The Morgan fingerprint density at radius 3 is 1.12 bits per heavy atom. The van der Waals surface area contributed by atoms with Crippen LogP contribution < -0.4 is 136 Å². The summed E-state index contributed by atoms with van der Waals surface area (Å²) in [4.78, 5) is 39.6. The normalized spacial score (nSPS) is 11.1. The molecule has 5 heterocycles. The fraction of sp³-hybridized carbons (Fsp3) is 0.388. The monoisotopic (exact) mass is 1960 g/mol. The van der Waals surface area contributed by atoms with E-state index in [9.17, 15) is 26.3 Å². The Labute approximate surface area is 807 Å². The lowest BCUT2D eigenvalue weighted by Crippen LogP contribution is -3.00. The third kappa shape index (κ3) is 24.8. The molecule has 0 saturated carbocycles. The van der Waals surface area contributed by atoms with Crippen molar-refractivity contribution in [1.82, 2.24) is 47.8 Å². The molecule has 15 nitrogen and oxygen atoms in total. The van der Waals surface area contributed by atoms with Gasteiger partial charge in [-0.2, -0.15) is 26.3 Å². The molecular weight excluding hydrogens is 1850 g/mol. The molecule has 0 N–H and O–H groups in total. The van der Waals surface area contributed by atoms with Crippen LogP contribution in [0.4, 0.5) is 54.8 Å². The first-order valence-corrected chi connectivity index (χ1v) is 46.6. The molecular formula is C98H120Cl5F6N15S5. The van der Waals surface area contributed by atoms with Crippen molar-refractivity contribution in [2.45, 2.75) is 122 Å². The number of hydrogen-bond acceptors (Lipinski definition) is 15. The van der Waals surface area contributed by atoms with Gasteiger partial charge in [0.25, 0.3) is 0 Å². The number of alkyl halides is 6. The van der Waals surface area contributed by atoms with E-state index in [1.807, 2.05) is 34.0 Å². The van der Waals surface area contributed by atoms with Crippen molar-refractivity contribution in [1.29, 1.82) is 0 Å². The third-order valence-corrected chi connectivity index (χ3v) is 27.8. The van der Waals surface area contributed by atoms with Crippen LogP contribution in [0.3, 0.4) is 0 Å². The fourth-order valence-corrected chi connectivity index (χ4v) is 20.9. The maximum atomic E-state index is 13.6. The van der Waals surface area contributed by atoms with Crippen LogP contribution in [0.5, 0.6) is 0 Å². The molecule has 5 aromatic carbocycles. The standard InChI is InChI=1S/C24H34N3S.C22H30N3S.C18H16F6N3S.C18H22N3S.C16H18N3S.5ClH/c1-7-17-13-19(26(9-3)10-4)15-21-23(17)25-24-18(8-2)14-20(16-22(24)28-21)27(11-5)12-6;1-7-24(8-2)17-11-15(5)21-19(13-17)26-20-14-18(25(9-3)10-4)12-16(6)22(20)23-21;1-26(2)9-5-11(17(19,20)21)15-13(7-9)28-14-8-10(27(3)4)6-12(16(14)25-15)18(22,23)24;1-11-7-13(20(3)4)9-15-17(11)19-18-12(2)8-14(21(5)6)10-16(18)22-15;1-18(2)11-5-7-13-15(9-11)20-16-10-12(19(3)4)6-8-14(16)17-13;;;;;/h13-16H,7-12H2,1-6H3;11-14H,7-10H2,1-6H3;5-8H,1-4H3;7-10H,1-6H3;5-10H,1-4H3;5*1H/q5*+1;;;;;/p-5/i;;;3+1,4+1,5+1,6+1;1+1,2+1,3+1,4+1;;;;;. The number of halogens is 11. The average Bonchev–Trinajstić information content (AvgIpc) is 0.757. The minimum atomic E-state index is -4.75. The van der Waals surface area contributed by atoms with Crippen molar-refractivity contribution in [2.24, 2.45) is 0 Å². The topological polar surface area (TPSA) is 95.7 Å². The molecule has 0 fully saturated rings. The first-order valence-electron chi connectivity index (χ1n) is 42.5. The fourth-order valence-electron chi connectivity index (χ4n) is 15.2. The van der Waals surface area contributed by atoms with Crippen LogP contribution in [-0.2, 0) is 25.2 Å². The minimum absolute atomic E-state index is 0. The molecule has 0 saturated heterocycles. The van der Waals surface area contributed by atoms with Gasteiger partial charge in [0.2, 0.25) is 26.8 Å². The van der Waals surface area contributed by atoms with Gasteiger partial charge in [0, 0.05) is 158 Å². The molecule has 5 aliphatic heterocycles. The Bertz CT molecular complexity index is 6640. The Balaban J connectivity index is 0.000000247. The number of benzene rings is 10. The molecule has 5 aliphatic carbocycles. The maximum Gasteiger partial charge on any atom is 0.418 e. The summed E-state index contributed by atoms with van der Waals surface area (Å²) in [5.41, 5.74) is 18.9. The van der Waals surface area contributed by atoms with E-state index in [-0.39, 0.29) is 82.7 Å². The summed E-state index contributed by atoms with van der Waals surface area (Å²) in [6, 6.07) is 45.0. The van der Waals surface area contributed by atoms with Crippen molar-refractivity contribution >= 4 is 136 Å². The molecule has 0 bridgehead atoms. The van der Waals surface area contributed by atoms with Crippen LogP contribution in [0.25, 0.3) is 104 Å². The summed E-state index contributed by atoms with van der Waals surface area (Å²) in [5.74, 6) is 0. The summed E-state index contributed by atoms with van der Waals surface area (Å²) in [6.07, 6.45) is -7.48. The van der Waals surface area contributed by atoms with Gasteiger partial charge >= 0.3 is 12.4 Å².